The summed E-state index contributed by atoms with van der Waals surface area (Å²) >= 11 is 1.74. The Morgan fingerprint density at radius 3 is 2.72 bits per heavy atom. The highest BCUT2D eigenvalue weighted by molar-refractivity contribution is 7.13. The second kappa shape index (κ2) is 7.61. The van der Waals surface area contributed by atoms with Crippen molar-refractivity contribution in [2.75, 3.05) is 6.54 Å². The Morgan fingerprint density at radius 1 is 1.14 bits per heavy atom. The zero-order valence-corrected chi connectivity index (χ0v) is 17.5. The lowest BCUT2D eigenvalue weighted by molar-refractivity contribution is 0.246. The van der Waals surface area contributed by atoms with Crippen molar-refractivity contribution in [2.45, 2.75) is 39.3 Å². The van der Waals surface area contributed by atoms with Crippen LogP contribution in [-0.4, -0.2) is 26.4 Å². The maximum Gasteiger partial charge on any atom is 0.138 e. The number of hydrogen-bond donors (Lipinski definition) is 0. The number of benzene rings is 1. The maximum absolute atomic E-state index is 5.46. The number of aryl methyl sites for hydroxylation is 2. The predicted octanol–water partition coefficient (Wildman–Crippen LogP) is 5.54. The average molecular weight is 405 g/mol. The van der Waals surface area contributed by atoms with Crippen LogP contribution in [0, 0.1) is 13.8 Å². The van der Waals surface area contributed by atoms with Gasteiger partial charge in [0.05, 0.1) is 16.3 Å². The van der Waals surface area contributed by atoms with Gasteiger partial charge in [0.25, 0.3) is 0 Å². The van der Waals surface area contributed by atoms with Crippen LogP contribution in [0.1, 0.15) is 41.5 Å². The first kappa shape index (κ1) is 18.3. The summed E-state index contributed by atoms with van der Waals surface area (Å²) in [5.74, 6) is 0.942. The van der Waals surface area contributed by atoms with Gasteiger partial charge in [0.1, 0.15) is 11.5 Å². The third kappa shape index (κ3) is 3.43. The fourth-order valence-electron chi connectivity index (χ4n) is 4.39. The summed E-state index contributed by atoms with van der Waals surface area (Å²) in [5.41, 5.74) is 5.69. The van der Waals surface area contributed by atoms with Crippen LogP contribution in [0.3, 0.4) is 0 Å². The van der Waals surface area contributed by atoms with Crippen molar-refractivity contribution in [3.63, 3.8) is 0 Å². The minimum Gasteiger partial charge on any atom is -0.361 e. The number of hydrogen-bond acceptors (Lipinski definition) is 5. The average Bonchev–Trinajstić information content (AvgIpc) is 3.52. The first-order valence-corrected chi connectivity index (χ1v) is 10.9. The van der Waals surface area contributed by atoms with Crippen molar-refractivity contribution in [3.8, 4) is 16.3 Å². The quantitative estimate of drug-likeness (QED) is 0.438. The SMILES string of the molecule is Cc1noc(C)c1C1CCCN1Cc1cn(-c2ccccc2)nc1-c1cccs1. The van der Waals surface area contributed by atoms with Crippen LogP contribution >= 0.6 is 11.3 Å². The summed E-state index contributed by atoms with van der Waals surface area (Å²) in [6.45, 7) is 6.02. The first-order chi connectivity index (χ1) is 14.2. The second-order valence-corrected chi connectivity index (χ2v) is 8.57. The lowest BCUT2D eigenvalue weighted by atomic mass is 10.0. The van der Waals surface area contributed by atoms with Gasteiger partial charge in [-0.3, -0.25) is 4.90 Å². The molecule has 1 aliphatic heterocycles. The molecular formula is C23H24N4OS. The van der Waals surface area contributed by atoms with Crippen LogP contribution in [0.4, 0.5) is 0 Å². The Bertz CT molecular complexity index is 1080. The van der Waals surface area contributed by atoms with Gasteiger partial charge in [-0.1, -0.05) is 29.4 Å². The van der Waals surface area contributed by atoms with Gasteiger partial charge in [-0.2, -0.15) is 5.10 Å². The summed E-state index contributed by atoms with van der Waals surface area (Å²) in [6.07, 6.45) is 4.52. The number of para-hydroxylation sites is 1. The number of rotatable bonds is 5. The van der Waals surface area contributed by atoms with E-state index >= 15 is 0 Å². The third-order valence-corrected chi connectivity index (χ3v) is 6.60. The lowest BCUT2D eigenvalue weighted by Crippen LogP contribution is -2.23. The molecule has 0 bridgehead atoms. The fourth-order valence-corrected chi connectivity index (χ4v) is 5.13. The summed E-state index contributed by atoms with van der Waals surface area (Å²) < 4.78 is 7.46. The van der Waals surface area contributed by atoms with Gasteiger partial charge in [0, 0.05) is 29.9 Å². The summed E-state index contributed by atoms with van der Waals surface area (Å²) in [7, 11) is 0. The van der Waals surface area contributed by atoms with Gasteiger partial charge in [-0.25, -0.2) is 4.68 Å². The van der Waals surface area contributed by atoms with Gasteiger partial charge in [0.2, 0.25) is 0 Å². The van der Waals surface area contributed by atoms with E-state index in [1.807, 2.05) is 24.6 Å². The maximum atomic E-state index is 5.46. The van der Waals surface area contributed by atoms with Crippen LogP contribution in [0.25, 0.3) is 16.3 Å². The number of aromatic nitrogens is 3. The normalized spacial score (nSPS) is 17.2. The van der Waals surface area contributed by atoms with E-state index in [4.69, 9.17) is 9.62 Å². The van der Waals surface area contributed by atoms with Crippen LogP contribution < -0.4 is 0 Å². The number of nitrogens with zero attached hydrogens (tertiary/aromatic N) is 4. The monoisotopic (exact) mass is 404 g/mol. The minimum atomic E-state index is 0.359. The Labute approximate surface area is 174 Å². The Hall–Kier alpha value is -2.70. The molecular weight excluding hydrogens is 380 g/mol. The molecule has 5 rings (SSSR count). The van der Waals surface area contributed by atoms with Crippen LogP contribution in [0.15, 0.2) is 58.6 Å². The zero-order valence-electron chi connectivity index (χ0n) is 16.7. The van der Waals surface area contributed by atoms with Gasteiger partial charge < -0.3 is 4.52 Å². The predicted molar refractivity (Wildman–Crippen MR) is 115 cm³/mol. The van der Waals surface area contributed by atoms with E-state index < -0.39 is 0 Å². The molecule has 0 saturated carbocycles. The molecule has 0 aliphatic carbocycles. The van der Waals surface area contributed by atoms with E-state index in [0.29, 0.717) is 6.04 Å². The van der Waals surface area contributed by atoms with Crippen LogP contribution in [0.2, 0.25) is 0 Å². The largest absolute Gasteiger partial charge is 0.361 e. The molecule has 6 heteroatoms. The zero-order chi connectivity index (χ0) is 19.8. The third-order valence-electron chi connectivity index (χ3n) is 5.72. The molecule has 1 atom stereocenters. The highest BCUT2D eigenvalue weighted by atomic mass is 32.1. The van der Waals surface area contributed by atoms with Crippen molar-refractivity contribution in [1.82, 2.24) is 19.8 Å². The van der Waals surface area contributed by atoms with Gasteiger partial charge >= 0.3 is 0 Å². The first-order valence-electron chi connectivity index (χ1n) is 10.1. The van der Waals surface area contributed by atoms with Crippen molar-refractivity contribution >= 4 is 11.3 Å². The van der Waals surface area contributed by atoms with E-state index in [1.54, 1.807) is 11.3 Å². The van der Waals surface area contributed by atoms with E-state index in [1.165, 1.54) is 22.4 Å². The smallest absolute Gasteiger partial charge is 0.138 e. The summed E-state index contributed by atoms with van der Waals surface area (Å²) in [4.78, 5) is 3.76. The Kier molecular flexibility index (Phi) is 4.81. The van der Waals surface area contributed by atoms with Crippen molar-refractivity contribution in [2.24, 2.45) is 0 Å². The molecule has 1 aromatic carbocycles. The van der Waals surface area contributed by atoms with Gasteiger partial charge in [-0.15, -0.1) is 11.3 Å². The molecule has 0 N–H and O–H groups in total. The topological polar surface area (TPSA) is 47.1 Å². The van der Waals surface area contributed by atoms with Crippen LogP contribution in [0.5, 0.6) is 0 Å². The van der Waals surface area contributed by atoms with E-state index in [9.17, 15) is 0 Å². The molecule has 1 aliphatic rings. The molecule has 4 aromatic rings. The summed E-state index contributed by atoms with van der Waals surface area (Å²) in [5, 5.41) is 11.3. The molecule has 0 spiro atoms. The Morgan fingerprint density at radius 2 is 2.00 bits per heavy atom. The molecule has 4 heterocycles. The molecule has 0 radical (unpaired) electrons. The fraction of sp³-hybridized carbons (Fsp3) is 0.304. The number of thiophene rings is 1. The van der Waals surface area contributed by atoms with E-state index in [0.717, 1.165) is 42.3 Å². The lowest BCUT2D eigenvalue weighted by Gasteiger charge is -2.24. The molecule has 148 valence electrons. The molecule has 1 saturated heterocycles. The highest BCUT2D eigenvalue weighted by Crippen LogP contribution is 2.38. The van der Waals surface area contributed by atoms with Crippen molar-refractivity contribution in [3.05, 3.63) is 76.6 Å². The molecule has 1 fully saturated rings. The molecule has 29 heavy (non-hydrogen) atoms. The second-order valence-electron chi connectivity index (χ2n) is 7.63. The van der Waals surface area contributed by atoms with E-state index in [-0.39, 0.29) is 0 Å². The highest BCUT2D eigenvalue weighted by Gasteiger charge is 2.31. The number of likely N-dealkylation sites (tertiary alicyclic amines) is 1. The van der Waals surface area contributed by atoms with Crippen molar-refractivity contribution < 1.29 is 4.52 Å². The van der Waals surface area contributed by atoms with E-state index in [2.05, 4.69) is 58.0 Å². The van der Waals surface area contributed by atoms with Gasteiger partial charge in [-0.05, 0) is 56.8 Å². The minimum absolute atomic E-state index is 0.359. The molecule has 0 amide bonds. The summed E-state index contributed by atoms with van der Waals surface area (Å²) in [6, 6.07) is 14.9. The van der Waals surface area contributed by atoms with Gasteiger partial charge in [0.15, 0.2) is 0 Å². The molecule has 1 unspecified atom stereocenters. The molecule has 5 nitrogen and oxygen atoms in total. The van der Waals surface area contributed by atoms with Crippen LogP contribution in [-0.2, 0) is 6.54 Å². The van der Waals surface area contributed by atoms with Crippen molar-refractivity contribution in [1.29, 1.82) is 0 Å². The Balaban J connectivity index is 1.51. The molecule has 3 aromatic heterocycles. The standard InChI is InChI=1S/C23H24N4OS/c1-16-22(17(2)28-25-16)20-10-6-12-26(20)14-18-15-27(19-8-4-3-5-9-19)24-23(18)21-11-7-13-29-21/h3-5,7-9,11,13,15,20H,6,10,12,14H2,1-2H3.